The molecular weight excluding hydrogens is 235 g/mol. The zero-order chi connectivity index (χ0) is 10.0. The average Bonchev–Trinajstić information content (AvgIpc) is 2.02. The summed E-state index contributed by atoms with van der Waals surface area (Å²) in [6.45, 7) is 3.48. The zero-order valence-electron chi connectivity index (χ0n) is 7.53. The minimum absolute atomic E-state index is 0.00463. The number of carbonyl (C=O) groups is 1. The highest BCUT2D eigenvalue weighted by Crippen LogP contribution is 2.17. The average molecular weight is 245 g/mol. The van der Waals surface area contributed by atoms with E-state index < -0.39 is 0 Å². The first kappa shape index (κ1) is 10.4. The van der Waals surface area contributed by atoms with E-state index in [4.69, 9.17) is 0 Å². The Morgan fingerprint density at radius 1 is 1.38 bits per heavy atom. The Balaban J connectivity index is 3.28. The van der Waals surface area contributed by atoms with Gasteiger partial charge in [-0.1, -0.05) is 15.9 Å². The maximum atomic E-state index is 12.9. The van der Waals surface area contributed by atoms with E-state index in [9.17, 15) is 9.18 Å². The van der Waals surface area contributed by atoms with Crippen LogP contribution in [0, 0.1) is 19.7 Å². The van der Waals surface area contributed by atoms with Gasteiger partial charge in [-0.15, -0.1) is 0 Å². The van der Waals surface area contributed by atoms with Crippen LogP contribution in [0.25, 0.3) is 0 Å². The summed E-state index contributed by atoms with van der Waals surface area (Å²) in [4.78, 5) is 11.4. The van der Waals surface area contributed by atoms with Crippen molar-refractivity contribution in [3.8, 4) is 0 Å². The zero-order valence-corrected chi connectivity index (χ0v) is 9.11. The topological polar surface area (TPSA) is 17.1 Å². The number of rotatable bonds is 2. The molecule has 0 heterocycles. The van der Waals surface area contributed by atoms with Crippen LogP contribution >= 0.6 is 15.9 Å². The van der Waals surface area contributed by atoms with E-state index in [1.807, 2.05) is 0 Å². The lowest BCUT2D eigenvalue weighted by Crippen LogP contribution is -2.06. The predicted molar refractivity (Wildman–Crippen MR) is 54.0 cm³/mol. The lowest BCUT2D eigenvalue weighted by Gasteiger charge is -2.06. The molecule has 0 atom stereocenters. The molecule has 1 nitrogen and oxygen atoms in total. The van der Waals surface area contributed by atoms with Gasteiger partial charge < -0.3 is 0 Å². The van der Waals surface area contributed by atoms with Crippen molar-refractivity contribution in [2.75, 3.05) is 5.33 Å². The van der Waals surface area contributed by atoms with Gasteiger partial charge in [0.05, 0.1) is 5.33 Å². The number of carbonyl (C=O) groups excluding carboxylic acids is 1. The lowest BCUT2D eigenvalue weighted by molar-refractivity contribution is 0.102. The molecule has 0 aliphatic heterocycles. The summed E-state index contributed by atoms with van der Waals surface area (Å²) in [5, 5.41) is 0.278. The van der Waals surface area contributed by atoms with Gasteiger partial charge in [-0.25, -0.2) is 4.39 Å². The summed E-state index contributed by atoms with van der Waals surface area (Å²) in [6.07, 6.45) is 0. The van der Waals surface area contributed by atoms with E-state index in [0.717, 1.165) is 0 Å². The highest BCUT2D eigenvalue weighted by Gasteiger charge is 2.11. The van der Waals surface area contributed by atoms with E-state index in [2.05, 4.69) is 15.9 Å². The van der Waals surface area contributed by atoms with Crippen LogP contribution in [0.5, 0.6) is 0 Å². The quantitative estimate of drug-likeness (QED) is 0.578. The van der Waals surface area contributed by atoms with Crippen LogP contribution in [0.3, 0.4) is 0 Å². The molecule has 0 unspecified atom stereocenters. The number of alkyl halides is 1. The molecule has 0 aromatic heterocycles. The van der Waals surface area contributed by atoms with E-state index >= 15 is 0 Å². The maximum Gasteiger partial charge on any atom is 0.173 e. The van der Waals surface area contributed by atoms with Gasteiger partial charge in [-0.2, -0.15) is 0 Å². The van der Waals surface area contributed by atoms with Gasteiger partial charge in [-0.05, 0) is 37.1 Å². The summed E-state index contributed by atoms with van der Waals surface area (Å²) < 4.78 is 12.9. The summed E-state index contributed by atoms with van der Waals surface area (Å²) in [5.74, 6) is -0.295. The molecule has 70 valence electrons. The van der Waals surface area contributed by atoms with Crippen LogP contribution in [-0.4, -0.2) is 11.1 Å². The van der Waals surface area contributed by atoms with Gasteiger partial charge in [0, 0.05) is 5.56 Å². The lowest BCUT2D eigenvalue weighted by atomic mass is 10.00. The third kappa shape index (κ3) is 2.15. The van der Waals surface area contributed by atoms with Crippen molar-refractivity contribution in [2.24, 2.45) is 0 Å². The molecule has 0 radical (unpaired) electrons. The number of Topliss-reactive ketones (excluding diaryl/α,β-unsaturated/α-hetero) is 1. The van der Waals surface area contributed by atoms with Gasteiger partial charge in [0.25, 0.3) is 0 Å². The summed E-state index contributed by atoms with van der Waals surface area (Å²) in [6, 6.07) is 2.76. The molecule has 0 bridgehead atoms. The molecular formula is C10H10BrFO. The fourth-order valence-electron chi connectivity index (χ4n) is 1.42. The maximum absolute atomic E-state index is 12.9. The molecule has 0 aliphatic carbocycles. The second-order valence-corrected chi connectivity index (χ2v) is 3.53. The van der Waals surface area contributed by atoms with Crippen LogP contribution in [0.1, 0.15) is 21.5 Å². The van der Waals surface area contributed by atoms with E-state index in [1.165, 1.54) is 12.1 Å². The molecule has 1 aromatic carbocycles. The van der Waals surface area contributed by atoms with E-state index in [0.29, 0.717) is 16.7 Å². The van der Waals surface area contributed by atoms with Crippen LogP contribution in [0.15, 0.2) is 12.1 Å². The molecule has 13 heavy (non-hydrogen) atoms. The Kier molecular flexibility index (Phi) is 3.20. The van der Waals surface area contributed by atoms with Gasteiger partial charge >= 0.3 is 0 Å². The monoisotopic (exact) mass is 244 g/mol. The first-order valence-corrected chi connectivity index (χ1v) is 5.04. The van der Waals surface area contributed by atoms with Gasteiger partial charge in [0.15, 0.2) is 5.78 Å². The second-order valence-electron chi connectivity index (χ2n) is 2.97. The molecule has 1 aromatic rings. The van der Waals surface area contributed by atoms with Crippen molar-refractivity contribution in [1.29, 1.82) is 0 Å². The second kappa shape index (κ2) is 4.01. The molecule has 0 spiro atoms. The highest BCUT2D eigenvalue weighted by atomic mass is 79.9. The fraction of sp³-hybridized carbons (Fsp3) is 0.300. The Labute approximate surface area is 85.1 Å². The molecule has 0 N–H and O–H groups in total. The number of hydrogen-bond acceptors (Lipinski definition) is 1. The Morgan fingerprint density at radius 3 is 2.23 bits per heavy atom. The third-order valence-corrected chi connectivity index (χ3v) is 2.41. The molecule has 0 aliphatic rings. The molecule has 0 amide bonds. The van der Waals surface area contributed by atoms with Crippen molar-refractivity contribution in [3.05, 3.63) is 34.6 Å². The SMILES string of the molecule is Cc1cc(F)cc(C)c1C(=O)CBr. The first-order chi connectivity index (χ1) is 6.06. The van der Waals surface area contributed by atoms with Gasteiger partial charge in [-0.3, -0.25) is 4.79 Å². The van der Waals surface area contributed by atoms with Gasteiger partial charge in [0.1, 0.15) is 5.82 Å². The van der Waals surface area contributed by atoms with Crippen molar-refractivity contribution in [3.63, 3.8) is 0 Å². The van der Waals surface area contributed by atoms with Crippen molar-refractivity contribution < 1.29 is 9.18 Å². The smallest absolute Gasteiger partial charge is 0.173 e. The fourth-order valence-corrected chi connectivity index (χ4v) is 1.70. The Morgan fingerprint density at radius 2 is 1.85 bits per heavy atom. The van der Waals surface area contributed by atoms with Gasteiger partial charge in [0.2, 0.25) is 0 Å². The Bertz CT molecular complexity index is 324. The normalized spacial score (nSPS) is 10.2. The number of ketones is 1. The van der Waals surface area contributed by atoms with Crippen LogP contribution in [-0.2, 0) is 0 Å². The van der Waals surface area contributed by atoms with E-state index in [-0.39, 0.29) is 16.9 Å². The molecule has 0 saturated heterocycles. The summed E-state index contributed by atoms with van der Waals surface area (Å²) in [7, 11) is 0. The minimum atomic E-state index is -0.291. The number of hydrogen-bond donors (Lipinski definition) is 0. The van der Waals surface area contributed by atoms with Crippen LogP contribution in [0.2, 0.25) is 0 Å². The van der Waals surface area contributed by atoms with Crippen molar-refractivity contribution >= 4 is 21.7 Å². The van der Waals surface area contributed by atoms with Crippen molar-refractivity contribution in [1.82, 2.24) is 0 Å². The minimum Gasteiger partial charge on any atom is -0.293 e. The Hall–Kier alpha value is -0.700. The molecule has 0 fully saturated rings. The molecule has 0 saturated carbocycles. The summed E-state index contributed by atoms with van der Waals surface area (Å²) in [5.41, 5.74) is 2.02. The number of benzene rings is 1. The summed E-state index contributed by atoms with van der Waals surface area (Å²) >= 11 is 3.10. The molecule has 1 rings (SSSR count). The number of halogens is 2. The highest BCUT2D eigenvalue weighted by molar-refractivity contribution is 9.09. The van der Waals surface area contributed by atoms with E-state index in [1.54, 1.807) is 13.8 Å². The molecule has 3 heteroatoms. The third-order valence-electron chi connectivity index (χ3n) is 1.90. The largest absolute Gasteiger partial charge is 0.293 e. The first-order valence-electron chi connectivity index (χ1n) is 3.92. The van der Waals surface area contributed by atoms with Crippen molar-refractivity contribution in [2.45, 2.75) is 13.8 Å². The van der Waals surface area contributed by atoms with Crippen LogP contribution in [0.4, 0.5) is 4.39 Å². The standard InChI is InChI=1S/C10H10BrFO/c1-6-3-8(12)4-7(2)10(6)9(13)5-11/h3-4H,5H2,1-2H3. The predicted octanol–water partition coefficient (Wildman–Crippen LogP) is 3.02. The number of aryl methyl sites for hydroxylation is 2. The van der Waals surface area contributed by atoms with Crippen LogP contribution < -0.4 is 0 Å².